The Balaban J connectivity index is 1.50. The molecule has 0 amide bonds. The van der Waals surface area contributed by atoms with Crippen molar-refractivity contribution in [3.05, 3.63) is 96.1 Å². The predicted molar refractivity (Wildman–Crippen MR) is 177 cm³/mol. The molecule has 0 radical (unpaired) electrons. The largest absolute Gasteiger partial charge is 0.851 e. The van der Waals surface area contributed by atoms with Crippen molar-refractivity contribution >= 4 is 54.5 Å². The molecule has 6 aromatic rings. The Morgan fingerprint density at radius 3 is 1.39 bits per heavy atom. The van der Waals surface area contributed by atoms with Crippen molar-refractivity contribution in [2.24, 2.45) is 0 Å². The Hall–Kier alpha value is -4.52. The third-order valence-corrected chi connectivity index (χ3v) is 9.69. The van der Waals surface area contributed by atoms with Gasteiger partial charge < -0.3 is 30.2 Å². The molecule has 6 aromatic carbocycles. The Morgan fingerprint density at radius 2 is 0.955 bits per heavy atom. The van der Waals surface area contributed by atoms with Crippen LogP contribution in [0.15, 0.2) is 84.9 Å². The van der Waals surface area contributed by atoms with Gasteiger partial charge in [0.1, 0.15) is 11.5 Å². The van der Waals surface area contributed by atoms with E-state index < -0.39 is 24.0 Å². The van der Waals surface area contributed by atoms with E-state index in [9.17, 15) is 20.4 Å². The maximum Gasteiger partial charge on any atom is 0.123 e. The van der Waals surface area contributed by atoms with E-state index in [1.807, 2.05) is 67.5 Å². The molecule has 1 aliphatic rings. The zero-order valence-electron chi connectivity index (χ0n) is 25.4. The standard InChI is InChI=1S/C38H36N2O4/c1-5-40(6-2)36-23-15-9-7-13-21(23)29(22-14-8-10-16-24(22)36)33-37(43)34(38(33)44)32-30-25(17-11-19-27(30)41)35(39(3)4)26-18-12-20-28(42)31(26)32/h7-20,33-34,37-38,41-42H,5-6H2,1-4H3/q-2. The SMILES string of the molecule is CCN(CC)c1c2ccccc2c(C2C([O-])C(c3c4c(O)cccc4c(N(C)C)c4cccc(O)c34)C2[O-])c2ccccc12. The van der Waals surface area contributed by atoms with Gasteiger partial charge >= 0.3 is 0 Å². The summed E-state index contributed by atoms with van der Waals surface area (Å²) >= 11 is 0. The van der Waals surface area contributed by atoms with Gasteiger partial charge in [-0.2, -0.15) is 0 Å². The minimum atomic E-state index is -1.28. The molecule has 6 heteroatoms. The van der Waals surface area contributed by atoms with Crippen LogP contribution in [0, 0.1) is 0 Å². The molecule has 2 N–H and O–H groups in total. The highest BCUT2D eigenvalue weighted by atomic mass is 16.3. The second-order valence-electron chi connectivity index (χ2n) is 12.1. The van der Waals surface area contributed by atoms with Crippen molar-refractivity contribution < 1.29 is 20.4 Å². The summed E-state index contributed by atoms with van der Waals surface area (Å²) in [5.41, 5.74) is 3.18. The minimum Gasteiger partial charge on any atom is -0.851 e. The molecule has 2 unspecified atom stereocenters. The summed E-state index contributed by atoms with van der Waals surface area (Å²) in [6, 6.07) is 26.7. The molecule has 224 valence electrons. The molecule has 1 fully saturated rings. The molecule has 0 bridgehead atoms. The van der Waals surface area contributed by atoms with Crippen molar-refractivity contribution in [1.29, 1.82) is 0 Å². The predicted octanol–water partition coefficient (Wildman–Crippen LogP) is 5.96. The number of anilines is 2. The van der Waals surface area contributed by atoms with Crippen LogP contribution in [-0.4, -0.2) is 49.6 Å². The molecule has 0 aromatic heterocycles. The summed E-state index contributed by atoms with van der Waals surface area (Å²) in [6.07, 6.45) is -2.56. The molecule has 0 aliphatic heterocycles. The Kier molecular flexibility index (Phi) is 6.80. The summed E-state index contributed by atoms with van der Waals surface area (Å²) in [5, 5.41) is 58.0. The number of rotatable bonds is 6. The van der Waals surface area contributed by atoms with E-state index in [0.717, 1.165) is 62.3 Å². The Labute approximate surface area is 257 Å². The van der Waals surface area contributed by atoms with Crippen molar-refractivity contribution in [2.45, 2.75) is 37.9 Å². The van der Waals surface area contributed by atoms with Crippen molar-refractivity contribution in [3.63, 3.8) is 0 Å². The zero-order chi connectivity index (χ0) is 30.9. The van der Waals surface area contributed by atoms with E-state index in [2.05, 4.69) is 30.9 Å². The number of aromatic hydroxyl groups is 2. The van der Waals surface area contributed by atoms with E-state index in [4.69, 9.17) is 0 Å². The fourth-order valence-corrected chi connectivity index (χ4v) is 7.84. The van der Waals surface area contributed by atoms with Crippen molar-refractivity contribution in [2.75, 3.05) is 37.0 Å². The van der Waals surface area contributed by atoms with E-state index in [1.54, 1.807) is 24.3 Å². The molecular weight excluding hydrogens is 548 g/mol. The van der Waals surface area contributed by atoms with E-state index in [-0.39, 0.29) is 11.5 Å². The van der Waals surface area contributed by atoms with Crippen LogP contribution < -0.4 is 20.0 Å². The van der Waals surface area contributed by atoms with Crippen LogP contribution in [0.4, 0.5) is 11.4 Å². The average molecular weight is 585 g/mol. The van der Waals surface area contributed by atoms with Crippen LogP contribution in [0.2, 0.25) is 0 Å². The lowest BCUT2D eigenvalue weighted by atomic mass is 9.60. The molecule has 1 aliphatic carbocycles. The summed E-state index contributed by atoms with van der Waals surface area (Å²) in [7, 11) is 3.82. The summed E-state index contributed by atoms with van der Waals surface area (Å²) in [5.74, 6) is -1.76. The number of phenols is 2. The minimum absolute atomic E-state index is 0.00641. The summed E-state index contributed by atoms with van der Waals surface area (Å²) in [6.45, 7) is 5.94. The lowest BCUT2D eigenvalue weighted by molar-refractivity contribution is -0.535. The van der Waals surface area contributed by atoms with Crippen LogP contribution in [0.3, 0.4) is 0 Å². The molecule has 44 heavy (non-hydrogen) atoms. The number of phenolic OH excluding ortho intramolecular Hbond substituents is 2. The van der Waals surface area contributed by atoms with Crippen LogP contribution in [-0.2, 0) is 0 Å². The van der Waals surface area contributed by atoms with Gasteiger partial charge in [0.25, 0.3) is 0 Å². The lowest BCUT2D eigenvalue weighted by Gasteiger charge is -2.62. The van der Waals surface area contributed by atoms with Crippen molar-refractivity contribution in [1.82, 2.24) is 0 Å². The highest BCUT2D eigenvalue weighted by Gasteiger charge is 2.42. The molecule has 6 nitrogen and oxygen atoms in total. The van der Waals surface area contributed by atoms with Crippen LogP contribution in [0.5, 0.6) is 11.5 Å². The van der Waals surface area contributed by atoms with Gasteiger partial charge in [0, 0.05) is 59.5 Å². The quantitative estimate of drug-likeness (QED) is 0.235. The van der Waals surface area contributed by atoms with Gasteiger partial charge in [0.05, 0.1) is 11.4 Å². The van der Waals surface area contributed by atoms with Gasteiger partial charge in [-0.3, -0.25) is 0 Å². The van der Waals surface area contributed by atoms with Crippen molar-refractivity contribution in [3.8, 4) is 11.5 Å². The maximum absolute atomic E-state index is 14.6. The van der Waals surface area contributed by atoms with Gasteiger partial charge in [0.15, 0.2) is 0 Å². The zero-order valence-corrected chi connectivity index (χ0v) is 25.4. The number of hydrogen-bond donors (Lipinski definition) is 2. The van der Waals surface area contributed by atoms with Crippen LogP contribution in [0.25, 0.3) is 43.1 Å². The number of hydrogen-bond acceptors (Lipinski definition) is 6. The van der Waals surface area contributed by atoms with E-state index >= 15 is 0 Å². The lowest BCUT2D eigenvalue weighted by Crippen LogP contribution is -2.63. The number of benzene rings is 6. The van der Waals surface area contributed by atoms with Crippen LogP contribution in [0.1, 0.15) is 36.8 Å². The van der Waals surface area contributed by atoms with E-state index in [0.29, 0.717) is 16.3 Å². The second-order valence-corrected chi connectivity index (χ2v) is 12.1. The molecular formula is C38H36N2O4-2. The topological polar surface area (TPSA) is 93.1 Å². The third kappa shape index (κ3) is 3.87. The first-order valence-electron chi connectivity index (χ1n) is 15.4. The molecule has 0 heterocycles. The summed E-state index contributed by atoms with van der Waals surface area (Å²) in [4.78, 5) is 4.27. The van der Waals surface area contributed by atoms with Gasteiger partial charge in [0.2, 0.25) is 0 Å². The second kappa shape index (κ2) is 10.6. The van der Waals surface area contributed by atoms with E-state index in [1.165, 1.54) is 0 Å². The van der Waals surface area contributed by atoms with Crippen LogP contribution >= 0.6 is 0 Å². The van der Waals surface area contributed by atoms with Gasteiger partial charge in [-0.25, -0.2) is 0 Å². The normalized spacial score (nSPS) is 20.0. The number of nitrogens with zero attached hydrogens (tertiary/aromatic N) is 2. The number of fused-ring (bicyclic) bond motifs is 4. The highest BCUT2D eigenvalue weighted by Crippen LogP contribution is 2.56. The summed E-state index contributed by atoms with van der Waals surface area (Å²) < 4.78 is 0. The first kappa shape index (κ1) is 28.3. The monoisotopic (exact) mass is 584 g/mol. The Bertz CT molecular complexity index is 1940. The first-order chi connectivity index (χ1) is 21.3. The molecule has 0 saturated heterocycles. The van der Waals surface area contributed by atoms with Gasteiger partial charge in [-0.15, -0.1) is 12.2 Å². The van der Waals surface area contributed by atoms with Gasteiger partial charge in [-0.1, -0.05) is 72.8 Å². The smallest absolute Gasteiger partial charge is 0.123 e. The fourth-order valence-electron chi connectivity index (χ4n) is 7.84. The molecule has 7 rings (SSSR count). The Morgan fingerprint density at radius 1 is 0.545 bits per heavy atom. The maximum atomic E-state index is 14.6. The first-order valence-corrected chi connectivity index (χ1v) is 15.4. The molecule has 0 spiro atoms. The average Bonchev–Trinajstić information content (AvgIpc) is 3.02. The molecule has 1 saturated carbocycles. The fraction of sp³-hybridized carbons (Fsp3) is 0.263. The molecule has 2 atom stereocenters. The van der Waals surface area contributed by atoms with Gasteiger partial charge in [-0.05, 0) is 59.7 Å². The highest BCUT2D eigenvalue weighted by molar-refractivity contribution is 6.18. The third-order valence-electron chi connectivity index (χ3n) is 9.69.